The van der Waals surface area contributed by atoms with Crippen LogP contribution in [0.1, 0.15) is 25.0 Å². The van der Waals surface area contributed by atoms with Gasteiger partial charge in [-0.1, -0.05) is 12.1 Å². The Labute approximate surface area is 116 Å². The lowest BCUT2D eigenvalue weighted by Gasteiger charge is -2.18. The van der Waals surface area contributed by atoms with Crippen LogP contribution >= 0.6 is 0 Å². The third-order valence-corrected chi connectivity index (χ3v) is 2.96. The van der Waals surface area contributed by atoms with Gasteiger partial charge in [-0.2, -0.15) is 0 Å². The highest BCUT2D eigenvalue weighted by atomic mass is 19.1. The Balaban J connectivity index is 2.06. The molecule has 0 fully saturated rings. The topological polar surface area (TPSA) is 29.5 Å². The molecule has 2 aromatic rings. The van der Waals surface area contributed by atoms with Gasteiger partial charge in [0.05, 0.1) is 5.60 Å². The highest BCUT2D eigenvalue weighted by Gasteiger charge is 2.15. The van der Waals surface area contributed by atoms with E-state index in [1.807, 2.05) is 0 Å². The molecule has 1 N–H and O–H groups in total. The van der Waals surface area contributed by atoms with Gasteiger partial charge in [-0.3, -0.25) is 0 Å². The van der Waals surface area contributed by atoms with Crippen molar-refractivity contribution in [2.75, 3.05) is 0 Å². The Kier molecular flexibility index (Phi) is 4.04. The lowest BCUT2D eigenvalue weighted by atomic mass is 9.99. The molecule has 2 nitrogen and oxygen atoms in total. The van der Waals surface area contributed by atoms with Gasteiger partial charge in [-0.25, -0.2) is 8.78 Å². The number of ether oxygens (including phenoxy) is 1. The zero-order valence-corrected chi connectivity index (χ0v) is 11.4. The lowest BCUT2D eigenvalue weighted by molar-refractivity contribution is 0.0785. The highest BCUT2D eigenvalue weighted by Crippen LogP contribution is 2.23. The summed E-state index contributed by atoms with van der Waals surface area (Å²) in [5.41, 5.74) is -0.00828. The Morgan fingerprint density at radius 3 is 2.30 bits per heavy atom. The van der Waals surface area contributed by atoms with E-state index in [1.165, 1.54) is 0 Å². The number of rotatable bonds is 4. The minimum absolute atomic E-state index is 0.0501. The standard InChI is InChI=1S/C16H16F2O2/c1-16(2,19)12-3-6-14(7-4-12)20-10-11-9-13(17)5-8-15(11)18/h3-9,19H,10H2,1-2H3. The maximum Gasteiger partial charge on any atom is 0.130 e. The molecule has 0 saturated heterocycles. The second-order valence-corrected chi connectivity index (χ2v) is 5.11. The minimum atomic E-state index is -0.923. The summed E-state index contributed by atoms with van der Waals surface area (Å²) in [6, 6.07) is 10.1. The van der Waals surface area contributed by atoms with E-state index in [4.69, 9.17) is 4.74 Å². The zero-order valence-electron chi connectivity index (χ0n) is 11.4. The summed E-state index contributed by atoms with van der Waals surface area (Å²) < 4.78 is 31.8. The first-order chi connectivity index (χ1) is 9.36. The molecule has 0 aliphatic rings. The van der Waals surface area contributed by atoms with Crippen molar-refractivity contribution in [3.8, 4) is 5.75 Å². The van der Waals surface area contributed by atoms with Gasteiger partial charge < -0.3 is 9.84 Å². The first-order valence-electron chi connectivity index (χ1n) is 6.26. The third kappa shape index (κ3) is 3.54. The van der Waals surface area contributed by atoms with Gasteiger partial charge in [-0.15, -0.1) is 0 Å². The van der Waals surface area contributed by atoms with E-state index in [9.17, 15) is 13.9 Å². The zero-order chi connectivity index (χ0) is 14.8. The van der Waals surface area contributed by atoms with Crippen molar-refractivity contribution in [1.82, 2.24) is 0 Å². The summed E-state index contributed by atoms with van der Waals surface area (Å²) >= 11 is 0. The summed E-state index contributed by atoms with van der Waals surface area (Å²) in [6.07, 6.45) is 0. The second-order valence-electron chi connectivity index (χ2n) is 5.11. The third-order valence-electron chi connectivity index (χ3n) is 2.96. The van der Waals surface area contributed by atoms with E-state index >= 15 is 0 Å². The van der Waals surface area contributed by atoms with Gasteiger partial charge in [0.15, 0.2) is 0 Å². The molecule has 20 heavy (non-hydrogen) atoms. The number of benzene rings is 2. The SMILES string of the molecule is CC(C)(O)c1ccc(OCc2cc(F)ccc2F)cc1. The molecule has 0 saturated carbocycles. The molecule has 0 aliphatic heterocycles. The first-order valence-corrected chi connectivity index (χ1v) is 6.26. The van der Waals surface area contributed by atoms with Crippen LogP contribution in [-0.2, 0) is 12.2 Å². The molecular weight excluding hydrogens is 262 g/mol. The number of hydrogen-bond donors (Lipinski definition) is 1. The molecule has 106 valence electrons. The molecule has 0 spiro atoms. The van der Waals surface area contributed by atoms with Crippen molar-refractivity contribution >= 4 is 0 Å². The van der Waals surface area contributed by atoms with Crippen molar-refractivity contribution in [3.05, 3.63) is 65.2 Å². The minimum Gasteiger partial charge on any atom is -0.489 e. The Hall–Kier alpha value is -1.94. The molecular formula is C16H16F2O2. The molecule has 2 aromatic carbocycles. The van der Waals surface area contributed by atoms with Gasteiger partial charge in [0.25, 0.3) is 0 Å². The van der Waals surface area contributed by atoms with E-state index < -0.39 is 17.2 Å². The summed E-state index contributed by atoms with van der Waals surface area (Å²) in [5.74, 6) is -0.469. The molecule has 2 rings (SSSR count). The Morgan fingerprint density at radius 2 is 1.70 bits per heavy atom. The average Bonchev–Trinajstić information content (AvgIpc) is 2.39. The van der Waals surface area contributed by atoms with Crippen LogP contribution in [0.3, 0.4) is 0 Å². The maximum atomic E-state index is 13.4. The monoisotopic (exact) mass is 278 g/mol. The fourth-order valence-corrected chi connectivity index (χ4v) is 1.77. The largest absolute Gasteiger partial charge is 0.489 e. The van der Waals surface area contributed by atoms with Crippen molar-refractivity contribution in [2.24, 2.45) is 0 Å². The summed E-state index contributed by atoms with van der Waals surface area (Å²) in [4.78, 5) is 0. The van der Waals surface area contributed by atoms with Gasteiger partial charge in [-0.05, 0) is 49.7 Å². The van der Waals surface area contributed by atoms with Crippen LogP contribution in [0.4, 0.5) is 8.78 Å². The van der Waals surface area contributed by atoms with Gasteiger partial charge in [0, 0.05) is 5.56 Å². The van der Waals surface area contributed by atoms with E-state index in [2.05, 4.69) is 0 Å². The van der Waals surface area contributed by atoms with Crippen LogP contribution in [0, 0.1) is 11.6 Å². The highest BCUT2D eigenvalue weighted by molar-refractivity contribution is 5.30. The predicted octanol–water partition coefficient (Wildman–Crippen LogP) is 3.77. The maximum absolute atomic E-state index is 13.4. The Morgan fingerprint density at radius 1 is 1.05 bits per heavy atom. The van der Waals surface area contributed by atoms with E-state index in [0.29, 0.717) is 5.75 Å². The fraction of sp³-hybridized carbons (Fsp3) is 0.250. The molecule has 4 heteroatoms. The van der Waals surface area contributed by atoms with Crippen molar-refractivity contribution in [2.45, 2.75) is 26.1 Å². The van der Waals surface area contributed by atoms with Crippen molar-refractivity contribution in [3.63, 3.8) is 0 Å². The second kappa shape index (κ2) is 5.59. The van der Waals surface area contributed by atoms with Crippen LogP contribution in [0.2, 0.25) is 0 Å². The molecule has 0 aromatic heterocycles. The quantitative estimate of drug-likeness (QED) is 0.922. The van der Waals surface area contributed by atoms with E-state index in [-0.39, 0.29) is 12.2 Å². The summed E-state index contributed by atoms with van der Waals surface area (Å²) in [6.45, 7) is 3.32. The van der Waals surface area contributed by atoms with E-state index in [1.54, 1.807) is 38.1 Å². The molecule has 0 amide bonds. The summed E-state index contributed by atoms with van der Waals surface area (Å²) in [5, 5.41) is 9.82. The number of hydrogen-bond acceptors (Lipinski definition) is 2. The molecule has 0 radical (unpaired) electrons. The molecule has 0 bridgehead atoms. The predicted molar refractivity (Wildman–Crippen MR) is 72.4 cm³/mol. The van der Waals surface area contributed by atoms with Crippen molar-refractivity contribution < 1.29 is 18.6 Å². The van der Waals surface area contributed by atoms with Crippen LogP contribution in [0.5, 0.6) is 5.75 Å². The smallest absolute Gasteiger partial charge is 0.130 e. The molecule has 0 aliphatic carbocycles. The normalized spacial score (nSPS) is 11.4. The van der Waals surface area contributed by atoms with Crippen LogP contribution < -0.4 is 4.74 Å². The van der Waals surface area contributed by atoms with Crippen LogP contribution in [0.25, 0.3) is 0 Å². The molecule has 0 atom stereocenters. The fourth-order valence-electron chi connectivity index (χ4n) is 1.77. The summed E-state index contributed by atoms with van der Waals surface area (Å²) in [7, 11) is 0. The number of aliphatic hydroxyl groups is 1. The molecule has 0 heterocycles. The van der Waals surface area contributed by atoms with Gasteiger partial charge in [0.2, 0.25) is 0 Å². The van der Waals surface area contributed by atoms with Gasteiger partial charge >= 0.3 is 0 Å². The van der Waals surface area contributed by atoms with Gasteiger partial charge in [0.1, 0.15) is 24.0 Å². The number of halogens is 2. The van der Waals surface area contributed by atoms with Crippen LogP contribution in [0.15, 0.2) is 42.5 Å². The molecule has 0 unspecified atom stereocenters. The van der Waals surface area contributed by atoms with Crippen molar-refractivity contribution in [1.29, 1.82) is 0 Å². The first kappa shape index (κ1) is 14.5. The average molecular weight is 278 g/mol. The Bertz CT molecular complexity index is 586. The van der Waals surface area contributed by atoms with Crippen LogP contribution in [-0.4, -0.2) is 5.11 Å². The lowest BCUT2D eigenvalue weighted by Crippen LogP contribution is -2.14. The van der Waals surface area contributed by atoms with E-state index in [0.717, 1.165) is 23.8 Å².